The van der Waals surface area contributed by atoms with Crippen molar-refractivity contribution in [1.82, 2.24) is 4.98 Å². The lowest BCUT2D eigenvalue weighted by atomic mass is 10.2. The zero-order valence-corrected chi connectivity index (χ0v) is 9.69. The van der Waals surface area contributed by atoms with Gasteiger partial charge in [-0.05, 0) is 31.2 Å². The molecule has 0 radical (unpaired) electrons. The van der Waals surface area contributed by atoms with E-state index in [9.17, 15) is 8.78 Å². The molecule has 0 saturated heterocycles. The minimum atomic E-state index is -0.687. The van der Waals surface area contributed by atoms with Gasteiger partial charge in [0.15, 0.2) is 5.82 Å². The summed E-state index contributed by atoms with van der Waals surface area (Å²) in [6, 6.07) is 8.68. The number of nitrogens with one attached hydrogen (secondary N) is 1. The van der Waals surface area contributed by atoms with Gasteiger partial charge < -0.3 is 0 Å². The van der Waals surface area contributed by atoms with E-state index in [0.29, 0.717) is 11.4 Å². The number of pyridine rings is 1. The Kier molecular flexibility index (Phi) is 3.62. The maximum atomic E-state index is 13.3. The Hall–Kier alpha value is -2.30. The summed E-state index contributed by atoms with van der Waals surface area (Å²) in [5, 5.41) is 4.00. The predicted molar refractivity (Wildman–Crippen MR) is 66.4 cm³/mol. The fourth-order valence-electron chi connectivity index (χ4n) is 1.36. The average Bonchev–Trinajstić information content (AvgIpc) is 2.38. The van der Waals surface area contributed by atoms with E-state index in [1.165, 1.54) is 6.07 Å². The second-order valence-corrected chi connectivity index (χ2v) is 3.65. The Morgan fingerprint density at radius 2 is 2.06 bits per heavy atom. The molecule has 0 spiro atoms. The molecule has 0 fully saturated rings. The third kappa shape index (κ3) is 2.88. The second kappa shape index (κ2) is 5.35. The van der Waals surface area contributed by atoms with Gasteiger partial charge in [-0.1, -0.05) is 6.07 Å². The minimum Gasteiger partial charge on any atom is -0.275 e. The van der Waals surface area contributed by atoms with Gasteiger partial charge in [0.2, 0.25) is 0 Å². The molecule has 0 aliphatic carbocycles. The van der Waals surface area contributed by atoms with E-state index in [4.69, 9.17) is 0 Å². The van der Waals surface area contributed by atoms with Crippen LogP contribution in [0, 0.1) is 11.6 Å². The highest BCUT2D eigenvalue weighted by Gasteiger charge is 2.03. The zero-order valence-electron chi connectivity index (χ0n) is 9.69. The number of hydrazone groups is 1. The molecule has 1 aromatic carbocycles. The van der Waals surface area contributed by atoms with Crippen molar-refractivity contribution >= 4 is 11.4 Å². The van der Waals surface area contributed by atoms with Crippen LogP contribution in [0.15, 0.2) is 47.7 Å². The summed E-state index contributed by atoms with van der Waals surface area (Å²) >= 11 is 0. The Balaban J connectivity index is 2.15. The van der Waals surface area contributed by atoms with Gasteiger partial charge in [0.05, 0.1) is 17.1 Å². The molecule has 1 heterocycles. The third-order valence-electron chi connectivity index (χ3n) is 2.31. The van der Waals surface area contributed by atoms with E-state index in [0.717, 1.165) is 12.1 Å². The molecule has 0 bridgehead atoms. The summed E-state index contributed by atoms with van der Waals surface area (Å²) in [5.41, 5.74) is 3.96. The van der Waals surface area contributed by atoms with Gasteiger partial charge in [-0.2, -0.15) is 5.10 Å². The fraction of sp³-hybridized carbons (Fsp3) is 0.0769. The Morgan fingerprint density at radius 3 is 2.72 bits per heavy atom. The standard InChI is InChI=1S/C13H11F2N3/c1-9(12-4-2-3-7-16-12)17-18-13-6-5-10(14)8-11(13)15/h2-8,18H,1H3/b17-9+. The number of halogens is 2. The van der Waals surface area contributed by atoms with E-state index in [1.54, 1.807) is 25.3 Å². The van der Waals surface area contributed by atoms with Crippen molar-refractivity contribution in [2.75, 3.05) is 5.43 Å². The number of anilines is 1. The van der Waals surface area contributed by atoms with Gasteiger partial charge in [0, 0.05) is 12.3 Å². The fourth-order valence-corrected chi connectivity index (χ4v) is 1.36. The summed E-state index contributed by atoms with van der Waals surface area (Å²) in [5.74, 6) is -1.31. The number of hydrogen-bond donors (Lipinski definition) is 1. The van der Waals surface area contributed by atoms with Crippen LogP contribution in [-0.2, 0) is 0 Å². The van der Waals surface area contributed by atoms with E-state index < -0.39 is 11.6 Å². The molecule has 92 valence electrons. The molecule has 2 aromatic rings. The SMILES string of the molecule is C/C(=N\Nc1ccc(F)cc1F)c1ccccn1. The number of aromatic nitrogens is 1. The maximum absolute atomic E-state index is 13.3. The summed E-state index contributed by atoms with van der Waals surface area (Å²) in [7, 11) is 0. The Labute approximate surface area is 103 Å². The monoisotopic (exact) mass is 247 g/mol. The average molecular weight is 247 g/mol. The summed E-state index contributed by atoms with van der Waals surface area (Å²) in [6.07, 6.45) is 1.65. The second-order valence-electron chi connectivity index (χ2n) is 3.65. The molecule has 1 aromatic heterocycles. The smallest absolute Gasteiger partial charge is 0.151 e. The van der Waals surface area contributed by atoms with Crippen LogP contribution in [0.4, 0.5) is 14.5 Å². The van der Waals surface area contributed by atoms with Crippen molar-refractivity contribution in [1.29, 1.82) is 0 Å². The predicted octanol–water partition coefficient (Wildman–Crippen LogP) is 3.20. The first kappa shape index (κ1) is 12.2. The summed E-state index contributed by atoms with van der Waals surface area (Å²) in [4.78, 5) is 4.10. The van der Waals surface area contributed by atoms with Gasteiger partial charge in [0.25, 0.3) is 0 Å². The molecule has 5 heteroatoms. The highest BCUT2D eigenvalue weighted by atomic mass is 19.1. The molecule has 3 nitrogen and oxygen atoms in total. The third-order valence-corrected chi connectivity index (χ3v) is 2.31. The van der Waals surface area contributed by atoms with Gasteiger partial charge in [-0.3, -0.25) is 10.4 Å². The quantitative estimate of drug-likeness (QED) is 0.668. The largest absolute Gasteiger partial charge is 0.275 e. The molecule has 0 amide bonds. The van der Waals surface area contributed by atoms with Gasteiger partial charge >= 0.3 is 0 Å². The van der Waals surface area contributed by atoms with Gasteiger partial charge in [0.1, 0.15) is 5.82 Å². The lowest BCUT2D eigenvalue weighted by Crippen LogP contribution is -2.02. The molecule has 1 N–H and O–H groups in total. The van der Waals surface area contributed by atoms with E-state index in [2.05, 4.69) is 15.5 Å². The number of rotatable bonds is 3. The van der Waals surface area contributed by atoms with Crippen molar-refractivity contribution in [2.45, 2.75) is 6.92 Å². The maximum Gasteiger partial charge on any atom is 0.151 e. The summed E-state index contributed by atoms with van der Waals surface area (Å²) < 4.78 is 26.0. The highest BCUT2D eigenvalue weighted by molar-refractivity contribution is 5.97. The summed E-state index contributed by atoms with van der Waals surface area (Å²) in [6.45, 7) is 1.75. The zero-order chi connectivity index (χ0) is 13.0. The van der Waals surface area contributed by atoms with Crippen molar-refractivity contribution in [3.8, 4) is 0 Å². The lowest BCUT2D eigenvalue weighted by Gasteiger charge is -2.04. The first-order valence-electron chi connectivity index (χ1n) is 5.33. The van der Waals surface area contributed by atoms with E-state index in [1.807, 2.05) is 6.07 Å². The highest BCUT2D eigenvalue weighted by Crippen LogP contribution is 2.14. The van der Waals surface area contributed by atoms with E-state index in [-0.39, 0.29) is 5.69 Å². The molecule has 0 aliphatic rings. The minimum absolute atomic E-state index is 0.117. The topological polar surface area (TPSA) is 37.3 Å². The molecule has 0 saturated carbocycles. The van der Waals surface area contributed by atoms with E-state index >= 15 is 0 Å². The van der Waals surface area contributed by atoms with Crippen LogP contribution >= 0.6 is 0 Å². The van der Waals surface area contributed by atoms with Crippen molar-refractivity contribution in [2.24, 2.45) is 5.10 Å². The van der Waals surface area contributed by atoms with Crippen LogP contribution in [-0.4, -0.2) is 10.7 Å². The number of nitrogens with zero attached hydrogens (tertiary/aromatic N) is 2. The molecule has 0 aliphatic heterocycles. The number of benzene rings is 1. The van der Waals surface area contributed by atoms with Gasteiger partial charge in [-0.15, -0.1) is 0 Å². The first-order valence-corrected chi connectivity index (χ1v) is 5.33. The molecular weight excluding hydrogens is 236 g/mol. The van der Waals surface area contributed by atoms with Crippen LogP contribution in [0.1, 0.15) is 12.6 Å². The van der Waals surface area contributed by atoms with Gasteiger partial charge in [-0.25, -0.2) is 8.78 Å². The molecule has 0 atom stereocenters. The number of hydrogen-bond acceptors (Lipinski definition) is 3. The lowest BCUT2D eigenvalue weighted by molar-refractivity contribution is 0.585. The van der Waals surface area contributed by atoms with Crippen LogP contribution in [0.5, 0.6) is 0 Å². The van der Waals surface area contributed by atoms with Crippen LogP contribution < -0.4 is 5.43 Å². The molecular formula is C13H11F2N3. The normalized spacial score (nSPS) is 11.4. The Morgan fingerprint density at radius 1 is 1.22 bits per heavy atom. The molecule has 0 unspecified atom stereocenters. The van der Waals surface area contributed by atoms with Crippen molar-refractivity contribution in [3.63, 3.8) is 0 Å². The van der Waals surface area contributed by atoms with Crippen LogP contribution in [0.2, 0.25) is 0 Å². The van der Waals surface area contributed by atoms with Crippen LogP contribution in [0.3, 0.4) is 0 Å². The van der Waals surface area contributed by atoms with Crippen LogP contribution in [0.25, 0.3) is 0 Å². The molecule has 18 heavy (non-hydrogen) atoms. The van der Waals surface area contributed by atoms with Crippen molar-refractivity contribution in [3.05, 3.63) is 59.9 Å². The first-order chi connectivity index (χ1) is 8.66. The van der Waals surface area contributed by atoms with Crippen molar-refractivity contribution < 1.29 is 8.78 Å². The Bertz CT molecular complexity index is 568. The molecule has 2 rings (SSSR count).